The van der Waals surface area contributed by atoms with Crippen LogP contribution in [0.15, 0.2) is 18.2 Å². The van der Waals surface area contributed by atoms with E-state index in [1.807, 2.05) is 18.2 Å². The van der Waals surface area contributed by atoms with Crippen molar-refractivity contribution in [2.75, 3.05) is 37.4 Å². The topological polar surface area (TPSA) is 35.6 Å². The number of carbonyl (C=O) groups excluding carboxylic acids is 1. The Morgan fingerprint density at radius 3 is 2.58 bits per heavy atom. The Morgan fingerprint density at radius 1 is 1.26 bits per heavy atom. The maximum absolute atomic E-state index is 11.7. The number of hydrogen-bond acceptors (Lipinski definition) is 2. The van der Waals surface area contributed by atoms with Crippen molar-refractivity contribution in [3.8, 4) is 0 Å². The van der Waals surface area contributed by atoms with E-state index in [1.54, 1.807) is 14.1 Å². The smallest absolute Gasteiger partial charge is 0.321 e. The molecule has 1 saturated heterocycles. The number of piperidine rings is 1. The molecule has 0 radical (unpaired) electrons. The van der Waals surface area contributed by atoms with Crippen LogP contribution in [0.5, 0.6) is 0 Å². The van der Waals surface area contributed by atoms with E-state index in [4.69, 9.17) is 11.6 Å². The maximum atomic E-state index is 11.7. The molecule has 0 aliphatic carbocycles. The highest BCUT2D eigenvalue weighted by Crippen LogP contribution is 2.29. The van der Waals surface area contributed by atoms with Crippen molar-refractivity contribution in [1.29, 1.82) is 0 Å². The third kappa shape index (κ3) is 3.53. The SMILES string of the molecule is CN(C)C(=O)Nc1cc(N2CCCCC2)ccc1Cl. The second kappa shape index (κ2) is 6.15. The van der Waals surface area contributed by atoms with Crippen molar-refractivity contribution >= 4 is 29.0 Å². The molecule has 1 N–H and O–H groups in total. The van der Waals surface area contributed by atoms with Crippen LogP contribution in [0, 0.1) is 0 Å². The zero-order valence-electron chi connectivity index (χ0n) is 11.4. The predicted molar refractivity (Wildman–Crippen MR) is 80.2 cm³/mol. The fourth-order valence-corrected chi connectivity index (χ4v) is 2.35. The molecule has 0 unspecified atom stereocenters. The van der Waals surface area contributed by atoms with Gasteiger partial charge in [0.15, 0.2) is 0 Å². The molecular weight excluding hydrogens is 262 g/mol. The number of nitrogens with zero attached hydrogens (tertiary/aromatic N) is 2. The van der Waals surface area contributed by atoms with Crippen LogP contribution < -0.4 is 10.2 Å². The highest BCUT2D eigenvalue weighted by Gasteiger charge is 2.14. The highest BCUT2D eigenvalue weighted by atomic mass is 35.5. The van der Waals surface area contributed by atoms with E-state index in [0.717, 1.165) is 18.8 Å². The van der Waals surface area contributed by atoms with E-state index in [0.29, 0.717) is 10.7 Å². The molecule has 1 aromatic rings. The molecule has 0 atom stereocenters. The van der Waals surface area contributed by atoms with Gasteiger partial charge < -0.3 is 15.1 Å². The Labute approximate surface area is 119 Å². The second-order valence-electron chi connectivity index (χ2n) is 5.04. The van der Waals surface area contributed by atoms with Crippen molar-refractivity contribution in [2.24, 2.45) is 0 Å². The average molecular weight is 282 g/mol. The van der Waals surface area contributed by atoms with E-state index in [9.17, 15) is 4.79 Å². The van der Waals surface area contributed by atoms with Crippen LogP contribution in [0.4, 0.5) is 16.2 Å². The Kier molecular flexibility index (Phi) is 4.53. The number of halogens is 1. The molecule has 5 heteroatoms. The first-order valence-corrected chi connectivity index (χ1v) is 6.98. The Bertz CT molecular complexity index is 456. The summed E-state index contributed by atoms with van der Waals surface area (Å²) in [7, 11) is 3.41. The monoisotopic (exact) mass is 281 g/mol. The van der Waals surface area contributed by atoms with Crippen LogP contribution in [0.2, 0.25) is 5.02 Å². The first-order valence-electron chi connectivity index (χ1n) is 6.61. The maximum Gasteiger partial charge on any atom is 0.321 e. The number of hydrogen-bond donors (Lipinski definition) is 1. The Morgan fingerprint density at radius 2 is 1.95 bits per heavy atom. The minimum absolute atomic E-state index is 0.169. The van der Waals surface area contributed by atoms with Gasteiger partial charge in [-0.3, -0.25) is 0 Å². The van der Waals surface area contributed by atoms with Crippen LogP contribution in [0.3, 0.4) is 0 Å². The molecular formula is C14H20ClN3O. The number of amides is 2. The molecule has 0 saturated carbocycles. The third-order valence-electron chi connectivity index (χ3n) is 3.32. The molecule has 2 rings (SSSR count). The van der Waals surface area contributed by atoms with Gasteiger partial charge in [-0.2, -0.15) is 0 Å². The fraction of sp³-hybridized carbons (Fsp3) is 0.500. The lowest BCUT2D eigenvalue weighted by Crippen LogP contribution is -2.30. The average Bonchev–Trinajstić information content (AvgIpc) is 2.42. The van der Waals surface area contributed by atoms with Gasteiger partial charge in [-0.1, -0.05) is 11.6 Å². The molecule has 4 nitrogen and oxygen atoms in total. The summed E-state index contributed by atoms with van der Waals surface area (Å²) < 4.78 is 0. The summed E-state index contributed by atoms with van der Waals surface area (Å²) >= 11 is 6.13. The summed E-state index contributed by atoms with van der Waals surface area (Å²) in [4.78, 5) is 15.5. The molecule has 104 valence electrons. The summed E-state index contributed by atoms with van der Waals surface area (Å²) in [6.07, 6.45) is 3.75. The highest BCUT2D eigenvalue weighted by molar-refractivity contribution is 6.33. The van der Waals surface area contributed by atoms with Gasteiger partial charge >= 0.3 is 6.03 Å². The zero-order chi connectivity index (χ0) is 13.8. The van der Waals surface area contributed by atoms with Crippen molar-refractivity contribution < 1.29 is 4.79 Å². The number of nitrogens with one attached hydrogen (secondary N) is 1. The Hall–Kier alpha value is -1.42. The van der Waals surface area contributed by atoms with Crippen molar-refractivity contribution in [3.05, 3.63) is 23.2 Å². The minimum atomic E-state index is -0.169. The second-order valence-corrected chi connectivity index (χ2v) is 5.44. The lowest BCUT2D eigenvalue weighted by atomic mass is 10.1. The molecule has 1 fully saturated rings. The van der Waals surface area contributed by atoms with Gasteiger partial charge in [-0.15, -0.1) is 0 Å². The van der Waals surface area contributed by atoms with Crippen LogP contribution in [0.25, 0.3) is 0 Å². The van der Waals surface area contributed by atoms with Gasteiger partial charge in [0.1, 0.15) is 0 Å². The lowest BCUT2D eigenvalue weighted by molar-refractivity contribution is 0.230. The first kappa shape index (κ1) is 14.0. The van der Waals surface area contributed by atoms with Crippen LogP contribution in [-0.2, 0) is 0 Å². The molecule has 1 aliphatic rings. The van der Waals surface area contributed by atoms with E-state index in [-0.39, 0.29) is 6.03 Å². The predicted octanol–water partition coefficient (Wildman–Crippen LogP) is 3.42. The molecule has 0 aromatic heterocycles. The number of rotatable bonds is 2. The van der Waals surface area contributed by atoms with E-state index < -0.39 is 0 Å². The fourth-order valence-electron chi connectivity index (χ4n) is 2.18. The van der Waals surface area contributed by atoms with Gasteiger partial charge in [-0.05, 0) is 37.5 Å². The molecule has 1 aliphatic heterocycles. The summed E-state index contributed by atoms with van der Waals surface area (Å²) in [6, 6.07) is 5.64. The molecule has 19 heavy (non-hydrogen) atoms. The molecule has 0 bridgehead atoms. The quantitative estimate of drug-likeness (QED) is 0.901. The van der Waals surface area contributed by atoms with Gasteiger partial charge in [0, 0.05) is 32.9 Å². The van der Waals surface area contributed by atoms with Gasteiger partial charge in [0.2, 0.25) is 0 Å². The summed E-state index contributed by atoms with van der Waals surface area (Å²) in [5.41, 5.74) is 1.79. The van der Waals surface area contributed by atoms with Crippen LogP contribution in [-0.4, -0.2) is 38.1 Å². The molecule has 1 aromatic carbocycles. The third-order valence-corrected chi connectivity index (χ3v) is 3.65. The minimum Gasteiger partial charge on any atom is -0.371 e. The number of anilines is 2. The van der Waals surface area contributed by atoms with Crippen LogP contribution >= 0.6 is 11.6 Å². The Balaban J connectivity index is 2.16. The van der Waals surface area contributed by atoms with Crippen molar-refractivity contribution in [2.45, 2.75) is 19.3 Å². The molecule has 1 heterocycles. The van der Waals surface area contributed by atoms with Crippen LogP contribution in [0.1, 0.15) is 19.3 Å². The largest absolute Gasteiger partial charge is 0.371 e. The summed E-state index contributed by atoms with van der Waals surface area (Å²) in [5, 5.41) is 3.38. The van der Waals surface area contributed by atoms with Crippen molar-refractivity contribution in [3.63, 3.8) is 0 Å². The van der Waals surface area contributed by atoms with E-state index in [2.05, 4.69) is 10.2 Å². The number of urea groups is 1. The lowest BCUT2D eigenvalue weighted by Gasteiger charge is -2.29. The normalized spacial score (nSPS) is 15.2. The van der Waals surface area contributed by atoms with E-state index in [1.165, 1.54) is 24.2 Å². The van der Waals surface area contributed by atoms with Gasteiger partial charge in [-0.25, -0.2) is 4.79 Å². The first-order chi connectivity index (χ1) is 9.08. The van der Waals surface area contributed by atoms with E-state index >= 15 is 0 Å². The molecule has 2 amide bonds. The standard InChI is InChI=1S/C14H20ClN3O/c1-17(2)14(19)16-13-10-11(6-7-12(13)15)18-8-4-3-5-9-18/h6-7,10H,3-5,8-9H2,1-2H3,(H,16,19). The van der Waals surface area contributed by atoms with Gasteiger partial charge in [0.05, 0.1) is 10.7 Å². The number of benzene rings is 1. The summed E-state index contributed by atoms with van der Waals surface area (Å²) in [5.74, 6) is 0. The summed E-state index contributed by atoms with van der Waals surface area (Å²) in [6.45, 7) is 2.14. The number of carbonyl (C=O) groups is 1. The van der Waals surface area contributed by atoms with Gasteiger partial charge in [0.25, 0.3) is 0 Å². The zero-order valence-corrected chi connectivity index (χ0v) is 12.2. The van der Waals surface area contributed by atoms with Crippen molar-refractivity contribution in [1.82, 2.24) is 4.90 Å². The molecule has 0 spiro atoms.